The molecular weight excluding hydrogens is 224 g/mol. The molecule has 1 aliphatic heterocycles. The molecule has 0 radical (unpaired) electrons. The van der Waals surface area contributed by atoms with Gasteiger partial charge in [0.1, 0.15) is 0 Å². The Hall–Kier alpha value is -1.51. The van der Waals surface area contributed by atoms with Crippen LogP contribution < -0.4 is 5.32 Å². The highest BCUT2D eigenvalue weighted by atomic mass is 16.2. The highest BCUT2D eigenvalue weighted by Crippen LogP contribution is 2.23. The molecule has 1 aromatic rings. The topological polar surface area (TPSA) is 32.3 Å². The third-order valence-corrected chi connectivity index (χ3v) is 3.47. The maximum atomic E-state index is 12.0. The molecule has 1 N–H and O–H groups in total. The number of nitrogens with one attached hydrogen (secondary N) is 1. The van der Waals surface area contributed by atoms with E-state index in [0.717, 1.165) is 31.6 Å². The van der Waals surface area contributed by atoms with E-state index in [1.54, 1.807) is 0 Å². The van der Waals surface area contributed by atoms with Crippen LogP contribution in [0.2, 0.25) is 0 Å². The highest BCUT2D eigenvalue weighted by Gasteiger charge is 2.17. The van der Waals surface area contributed by atoms with Crippen molar-refractivity contribution < 1.29 is 4.79 Å². The van der Waals surface area contributed by atoms with E-state index in [-0.39, 0.29) is 5.91 Å². The lowest BCUT2D eigenvalue weighted by Gasteiger charge is -2.18. The number of carbonyl (C=O) groups is 1. The third kappa shape index (κ3) is 3.03. The normalized spacial score (nSPS) is 15.2. The van der Waals surface area contributed by atoms with Crippen molar-refractivity contribution in [3.63, 3.8) is 0 Å². The molecule has 1 aromatic carbocycles. The molecule has 0 aliphatic carbocycles. The molecule has 98 valence electrons. The summed E-state index contributed by atoms with van der Waals surface area (Å²) >= 11 is 0. The van der Waals surface area contributed by atoms with Gasteiger partial charge in [0.15, 0.2) is 0 Å². The van der Waals surface area contributed by atoms with Crippen molar-refractivity contribution in [3.05, 3.63) is 29.8 Å². The standard InChI is InChI=1S/C15H22N2O/c1-12(2)13-7-3-4-8-14(13)16-11-15(18)17-9-5-6-10-17/h3-4,7-8,12,16H,5-6,9-11H2,1-2H3. The molecule has 1 fully saturated rings. The van der Waals surface area contributed by atoms with Gasteiger partial charge in [-0.15, -0.1) is 0 Å². The van der Waals surface area contributed by atoms with Crippen LogP contribution in [0.3, 0.4) is 0 Å². The number of carbonyl (C=O) groups excluding carboxylic acids is 1. The van der Waals surface area contributed by atoms with Gasteiger partial charge < -0.3 is 10.2 Å². The van der Waals surface area contributed by atoms with E-state index in [9.17, 15) is 4.79 Å². The van der Waals surface area contributed by atoms with Crippen molar-refractivity contribution in [2.24, 2.45) is 0 Å². The zero-order valence-electron chi connectivity index (χ0n) is 11.3. The van der Waals surface area contributed by atoms with Gasteiger partial charge in [-0.2, -0.15) is 0 Å². The maximum absolute atomic E-state index is 12.0. The van der Waals surface area contributed by atoms with Crippen LogP contribution in [0, 0.1) is 0 Å². The van der Waals surface area contributed by atoms with Crippen molar-refractivity contribution in [2.45, 2.75) is 32.6 Å². The molecule has 18 heavy (non-hydrogen) atoms. The van der Waals surface area contributed by atoms with Crippen LogP contribution in [-0.4, -0.2) is 30.4 Å². The number of hydrogen-bond donors (Lipinski definition) is 1. The van der Waals surface area contributed by atoms with E-state index in [0.29, 0.717) is 12.5 Å². The van der Waals surface area contributed by atoms with E-state index >= 15 is 0 Å². The Morgan fingerprint density at radius 3 is 2.61 bits per heavy atom. The molecule has 0 bridgehead atoms. The molecule has 1 heterocycles. The van der Waals surface area contributed by atoms with Crippen LogP contribution in [0.5, 0.6) is 0 Å². The fourth-order valence-corrected chi connectivity index (χ4v) is 2.41. The van der Waals surface area contributed by atoms with Crippen LogP contribution in [0.4, 0.5) is 5.69 Å². The molecular formula is C15H22N2O. The summed E-state index contributed by atoms with van der Waals surface area (Å²) in [6.45, 7) is 6.59. The number of likely N-dealkylation sites (tertiary alicyclic amines) is 1. The summed E-state index contributed by atoms with van der Waals surface area (Å²) in [7, 11) is 0. The third-order valence-electron chi connectivity index (χ3n) is 3.47. The highest BCUT2D eigenvalue weighted by molar-refractivity contribution is 5.81. The smallest absolute Gasteiger partial charge is 0.241 e. The number of benzene rings is 1. The van der Waals surface area contributed by atoms with Crippen LogP contribution in [0.1, 0.15) is 38.2 Å². The molecule has 3 nitrogen and oxygen atoms in total. The zero-order valence-corrected chi connectivity index (χ0v) is 11.3. The Bertz CT molecular complexity index is 409. The number of amides is 1. The molecule has 3 heteroatoms. The average molecular weight is 246 g/mol. The van der Waals surface area contributed by atoms with E-state index in [1.807, 2.05) is 23.1 Å². The van der Waals surface area contributed by atoms with Crippen LogP contribution in [-0.2, 0) is 4.79 Å². The zero-order chi connectivity index (χ0) is 13.0. The van der Waals surface area contributed by atoms with Gasteiger partial charge in [-0.25, -0.2) is 0 Å². The van der Waals surface area contributed by atoms with Crippen molar-refractivity contribution >= 4 is 11.6 Å². The van der Waals surface area contributed by atoms with Gasteiger partial charge in [0, 0.05) is 18.8 Å². The average Bonchev–Trinajstić information content (AvgIpc) is 2.90. The summed E-state index contributed by atoms with van der Waals surface area (Å²) in [4.78, 5) is 13.9. The van der Waals surface area contributed by atoms with Crippen molar-refractivity contribution in [1.29, 1.82) is 0 Å². The van der Waals surface area contributed by atoms with Crippen molar-refractivity contribution in [2.75, 3.05) is 25.0 Å². The van der Waals surface area contributed by atoms with Crippen LogP contribution >= 0.6 is 0 Å². The predicted octanol–water partition coefficient (Wildman–Crippen LogP) is 2.84. The molecule has 0 spiro atoms. The Balaban J connectivity index is 1.95. The van der Waals surface area contributed by atoms with Crippen molar-refractivity contribution in [1.82, 2.24) is 4.90 Å². The summed E-state index contributed by atoms with van der Waals surface area (Å²) in [6, 6.07) is 8.22. The first-order valence-corrected chi connectivity index (χ1v) is 6.79. The van der Waals surface area contributed by atoms with Gasteiger partial charge in [0.2, 0.25) is 5.91 Å². The first-order valence-electron chi connectivity index (χ1n) is 6.79. The first kappa shape index (κ1) is 12.9. The minimum Gasteiger partial charge on any atom is -0.376 e. The van der Waals surface area contributed by atoms with Gasteiger partial charge in [0.25, 0.3) is 0 Å². The lowest BCUT2D eigenvalue weighted by molar-refractivity contribution is -0.128. The van der Waals surface area contributed by atoms with Crippen LogP contribution in [0.15, 0.2) is 24.3 Å². The fourth-order valence-electron chi connectivity index (χ4n) is 2.41. The molecule has 0 aromatic heterocycles. The van der Waals surface area contributed by atoms with Gasteiger partial charge in [-0.1, -0.05) is 32.0 Å². The van der Waals surface area contributed by atoms with Crippen molar-refractivity contribution in [3.8, 4) is 0 Å². The minimum atomic E-state index is 0.214. The summed E-state index contributed by atoms with van der Waals surface area (Å²) in [5, 5.41) is 3.28. The van der Waals surface area contributed by atoms with E-state index in [1.165, 1.54) is 5.56 Å². The summed E-state index contributed by atoms with van der Waals surface area (Å²) in [6.07, 6.45) is 2.29. The maximum Gasteiger partial charge on any atom is 0.241 e. The quantitative estimate of drug-likeness (QED) is 0.886. The molecule has 2 rings (SSSR count). The Labute approximate surface area is 109 Å². The lowest BCUT2D eigenvalue weighted by atomic mass is 10.0. The molecule has 0 atom stereocenters. The largest absolute Gasteiger partial charge is 0.376 e. The molecule has 0 unspecified atom stereocenters. The predicted molar refractivity (Wildman–Crippen MR) is 74.8 cm³/mol. The van der Waals surface area contributed by atoms with E-state index in [2.05, 4.69) is 25.2 Å². The summed E-state index contributed by atoms with van der Waals surface area (Å²) < 4.78 is 0. The van der Waals surface area contributed by atoms with Gasteiger partial charge in [-0.05, 0) is 30.4 Å². The van der Waals surface area contributed by atoms with Gasteiger partial charge >= 0.3 is 0 Å². The Morgan fingerprint density at radius 1 is 1.28 bits per heavy atom. The second kappa shape index (κ2) is 5.89. The Kier molecular flexibility index (Phi) is 4.24. The van der Waals surface area contributed by atoms with Gasteiger partial charge in [-0.3, -0.25) is 4.79 Å². The summed E-state index contributed by atoms with van der Waals surface area (Å²) in [5.74, 6) is 0.682. The number of nitrogens with zero attached hydrogens (tertiary/aromatic N) is 1. The van der Waals surface area contributed by atoms with E-state index in [4.69, 9.17) is 0 Å². The molecule has 1 saturated heterocycles. The SMILES string of the molecule is CC(C)c1ccccc1NCC(=O)N1CCCC1. The molecule has 1 aliphatic rings. The monoisotopic (exact) mass is 246 g/mol. The minimum absolute atomic E-state index is 0.214. The second-order valence-corrected chi connectivity index (χ2v) is 5.18. The first-order chi connectivity index (χ1) is 8.68. The summed E-state index contributed by atoms with van der Waals surface area (Å²) in [5.41, 5.74) is 2.35. The molecule has 0 saturated carbocycles. The molecule has 1 amide bonds. The number of para-hydroxylation sites is 1. The van der Waals surface area contributed by atoms with E-state index < -0.39 is 0 Å². The fraction of sp³-hybridized carbons (Fsp3) is 0.533. The Morgan fingerprint density at radius 2 is 1.94 bits per heavy atom. The number of anilines is 1. The second-order valence-electron chi connectivity index (χ2n) is 5.18. The lowest BCUT2D eigenvalue weighted by Crippen LogP contribution is -2.33. The number of hydrogen-bond acceptors (Lipinski definition) is 2. The number of rotatable bonds is 4. The van der Waals surface area contributed by atoms with Gasteiger partial charge in [0.05, 0.1) is 6.54 Å². The van der Waals surface area contributed by atoms with Crippen LogP contribution in [0.25, 0.3) is 0 Å².